The minimum Gasteiger partial charge on any atom is -0.254 e. The number of hydrogen-bond acceptors (Lipinski definition) is 1. The first-order valence-electron chi connectivity index (χ1n) is 5.00. The van der Waals surface area contributed by atoms with Crippen LogP contribution in [0.5, 0.6) is 5.75 Å². The van der Waals surface area contributed by atoms with Gasteiger partial charge in [0, 0.05) is 0 Å². The average Bonchev–Trinajstić information content (AvgIpc) is 2.28. The van der Waals surface area contributed by atoms with E-state index >= 15 is 0 Å². The molecular weight excluding hydrogens is 255 g/mol. The second-order valence-corrected chi connectivity index (χ2v) is 5.09. The van der Waals surface area contributed by atoms with E-state index in [1.54, 1.807) is 7.11 Å². The molecule has 0 spiro atoms. The summed E-state index contributed by atoms with van der Waals surface area (Å²) in [6, 6.07) is 12.7. The van der Waals surface area contributed by atoms with Crippen molar-refractivity contribution >= 4 is 66.9 Å². The summed E-state index contributed by atoms with van der Waals surface area (Å²) in [6.07, 6.45) is 0. The molecule has 0 aliphatic rings. The number of halogens is 3. The monoisotopic (exact) mass is 264 g/mol. The molecule has 0 saturated carbocycles. The van der Waals surface area contributed by atoms with Crippen LogP contribution in [0.1, 0.15) is 0 Å². The van der Waals surface area contributed by atoms with Crippen LogP contribution < -0.4 is 4.39 Å². The van der Waals surface area contributed by atoms with Crippen molar-refractivity contribution in [2.24, 2.45) is 0 Å². The third kappa shape index (κ3) is 5.01. The molecule has 0 aliphatic carbocycles. The third-order valence-corrected chi connectivity index (χ3v) is 3.67. The summed E-state index contributed by atoms with van der Waals surface area (Å²) in [5.74, 6) is 0.948. The Labute approximate surface area is 132 Å². The Morgan fingerprint density at radius 1 is 1.12 bits per heavy atom. The molecule has 6 heteroatoms. The second-order valence-electron chi connectivity index (χ2n) is 3.41. The Hall–Kier alpha value is -0.00870. The summed E-state index contributed by atoms with van der Waals surface area (Å²) in [6.45, 7) is 0. The first kappa shape index (κ1) is 15.1. The van der Waals surface area contributed by atoms with Crippen molar-refractivity contribution in [3.63, 3.8) is 0 Å². The number of benzene rings is 2. The van der Waals surface area contributed by atoms with Gasteiger partial charge in [0.1, 0.15) is 0 Å². The molecule has 84 valence electrons. The van der Waals surface area contributed by atoms with Gasteiger partial charge in [-0.1, -0.05) is 0 Å². The van der Waals surface area contributed by atoms with E-state index < -0.39 is 7.54 Å². The van der Waals surface area contributed by atoms with Crippen molar-refractivity contribution in [2.45, 2.75) is 0 Å². The molecule has 0 aliphatic heterocycles. The van der Waals surface area contributed by atoms with E-state index in [4.69, 9.17) is 4.74 Å². The van der Waals surface area contributed by atoms with Crippen molar-refractivity contribution in [3.05, 3.63) is 36.4 Å². The number of fused-ring (bicyclic) bond motifs is 1. The van der Waals surface area contributed by atoms with E-state index in [2.05, 4.69) is 30.3 Å². The van der Waals surface area contributed by atoms with Gasteiger partial charge >= 0.3 is 121 Å². The first-order chi connectivity index (χ1) is 8.04. The van der Waals surface area contributed by atoms with E-state index in [-0.39, 0.29) is 0 Å². The standard InChI is InChI=1S/C11H9O.BF3.K/c1-12-11-7-6-9-4-2-3-5-10(9)8-11;2-1(3)4;/h2-4,6-8H,1H3;;. The van der Waals surface area contributed by atoms with Crippen molar-refractivity contribution < 1.29 is 17.7 Å². The average molecular weight is 264 g/mol. The van der Waals surface area contributed by atoms with E-state index in [1.165, 1.54) is 10.4 Å². The van der Waals surface area contributed by atoms with Gasteiger partial charge in [0.15, 0.2) is 0 Å². The first-order valence-corrected chi connectivity index (χ1v) is 6.56. The molecular formula is C11H9BF3KO. The van der Waals surface area contributed by atoms with Crippen molar-refractivity contribution in [3.8, 4) is 5.75 Å². The van der Waals surface area contributed by atoms with E-state index in [0.717, 1.165) is 54.7 Å². The summed E-state index contributed by atoms with van der Waals surface area (Å²) in [4.78, 5) is 0. The fraction of sp³-hybridized carbons (Fsp3) is 0.0909. The van der Waals surface area contributed by atoms with Gasteiger partial charge in [0.05, 0.1) is 0 Å². The molecule has 0 heterocycles. The van der Waals surface area contributed by atoms with Gasteiger partial charge in [-0.3, -0.25) is 12.9 Å². The fourth-order valence-electron chi connectivity index (χ4n) is 1.54. The van der Waals surface area contributed by atoms with Crippen LogP contribution >= 0.6 is 0 Å². The molecule has 0 amide bonds. The number of methoxy groups -OCH3 is 1. The van der Waals surface area contributed by atoms with Gasteiger partial charge in [-0.2, -0.15) is 0 Å². The van der Waals surface area contributed by atoms with Crippen LogP contribution in [-0.2, 0) is 0 Å². The molecule has 0 unspecified atom stereocenters. The maximum absolute atomic E-state index is 9.67. The SMILES string of the molecule is COc1ccc2ccc[c]([K])c2c1.FB(F)F. The molecule has 0 fully saturated rings. The zero-order valence-corrected chi connectivity index (χ0v) is 12.7. The Bertz CT molecular complexity index is 490. The van der Waals surface area contributed by atoms with E-state index in [1.807, 2.05) is 6.07 Å². The van der Waals surface area contributed by atoms with E-state index in [9.17, 15) is 12.9 Å². The summed E-state index contributed by atoms with van der Waals surface area (Å²) < 4.78 is 35.7. The molecule has 2 aromatic rings. The van der Waals surface area contributed by atoms with Crippen LogP contribution in [0.25, 0.3) is 10.8 Å². The number of rotatable bonds is 1. The molecule has 0 aromatic heterocycles. The molecule has 0 saturated heterocycles. The van der Waals surface area contributed by atoms with Crippen LogP contribution in [0.2, 0.25) is 0 Å². The van der Waals surface area contributed by atoms with Crippen molar-refractivity contribution in [1.29, 1.82) is 0 Å². The molecule has 0 radical (unpaired) electrons. The van der Waals surface area contributed by atoms with Gasteiger partial charge < -0.3 is 0 Å². The summed E-state index contributed by atoms with van der Waals surface area (Å²) >= 11 is 0.721. The normalized spacial score (nSPS) is 9.53. The van der Waals surface area contributed by atoms with Gasteiger partial charge in [0.25, 0.3) is 0 Å². The maximum Gasteiger partial charge on any atom is 0.762 e. The summed E-state index contributed by atoms with van der Waals surface area (Å²) in [7, 11) is -1.96. The molecule has 2 aromatic carbocycles. The van der Waals surface area contributed by atoms with Gasteiger partial charge in [-0.25, -0.2) is 0 Å². The predicted octanol–water partition coefficient (Wildman–Crippen LogP) is 2.52. The Morgan fingerprint density at radius 3 is 2.35 bits per heavy atom. The van der Waals surface area contributed by atoms with Gasteiger partial charge in [-0.05, 0) is 0 Å². The van der Waals surface area contributed by atoms with Gasteiger partial charge in [-0.15, -0.1) is 0 Å². The molecule has 0 atom stereocenters. The minimum absolute atomic E-state index is 0.721. The number of hydrogen-bond donors (Lipinski definition) is 0. The van der Waals surface area contributed by atoms with Crippen LogP contribution in [-0.4, -0.2) is 63.6 Å². The van der Waals surface area contributed by atoms with E-state index in [0.29, 0.717) is 0 Å². The number of ether oxygens (including phenoxy) is 1. The fourth-order valence-corrected chi connectivity index (χ4v) is 2.51. The molecule has 1 nitrogen and oxygen atoms in total. The van der Waals surface area contributed by atoms with Gasteiger partial charge in [0.2, 0.25) is 0 Å². The van der Waals surface area contributed by atoms with Crippen molar-refractivity contribution in [2.75, 3.05) is 7.11 Å². The topological polar surface area (TPSA) is 9.23 Å². The van der Waals surface area contributed by atoms with Crippen LogP contribution in [0, 0.1) is 0 Å². The Morgan fingerprint density at radius 2 is 1.76 bits per heavy atom. The minimum atomic E-state index is -3.67. The summed E-state index contributed by atoms with van der Waals surface area (Å²) in [5, 5.41) is 2.66. The third-order valence-electron chi connectivity index (χ3n) is 2.31. The summed E-state index contributed by atoms with van der Waals surface area (Å²) in [5.41, 5.74) is 0. The molecule has 17 heavy (non-hydrogen) atoms. The molecule has 2 rings (SSSR count). The van der Waals surface area contributed by atoms with Crippen LogP contribution in [0.3, 0.4) is 0 Å². The predicted molar refractivity (Wildman–Crippen MR) is 65.0 cm³/mol. The zero-order chi connectivity index (χ0) is 12.8. The Balaban J connectivity index is 0.000000317. The van der Waals surface area contributed by atoms with Crippen LogP contribution in [0.15, 0.2) is 36.4 Å². The smallest absolute Gasteiger partial charge is 0.254 e. The molecule has 0 N–H and O–H groups in total. The van der Waals surface area contributed by atoms with Crippen molar-refractivity contribution in [1.82, 2.24) is 0 Å². The Kier molecular flexibility index (Phi) is 6.58. The largest absolute Gasteiger partial charge is 0.762 e. The zero-order valence-electron chi connectivity index (χ0n) is 9.58. The molecule has 0 bridgehead atoms. The van der Waals surface area contributed by atoms with Crippen LogP contribution in [0.4, 0.5) is 12.9 Å². The second kappa shape index (κ2) is 7.43. The maximum atomic E-state index is 9.67. The quantitative estimate of drug-likeness (QED) is 0.719.